The van der Waals surface area contributed by atoms with Crippen molar-refractivity contribution in [1.82, 2.24) is 9.78 Å². The van der Waals surface area contributed by atoms with Gasteiger partial charge in [0.1, 0.15) is 5.69 Å². The quantitative estimate of drug-likeness (QED) is 0.530. The highest BCUT2D eigenvalue weighted by molar-refractivity contribution is 6.39. The molecule has 3 aromatic rings. The number of aryl methyl sites for hydroxylation is 1. The van der Waals surface area contributed by atoms with Crippen LogP contribution in [0.5, 0.6) is 0 Å². The third kappa shape index (κ3) is 1.30. The molecule has 98 valence electrons. The Kier molecular flexibility index (Phi) is 2.30. The van der Waals surface area contributed by atoms with Gasteiger partial charge in [0.05, 0.1) is 16.1 Å². The Balaban J connectivity index is 2.26. The number of halogens is 1. The summed E-state index contributed by atoms with van der Waals surface area (Å²) in [6.07, 6.45) is 0. The Morgan fingerprint density at radius 1 is 1.15 bits per heavy atom. The maximum absolute atomic E-state index is 12.7. The Morgan fingerprint density at radius 2 is 1.90 bits per heavy atom. The molecule has 4 rings (SSSR count). The molecular formula is C16H11ClN2O. The Hall–Kier alpha value is -2.13. The second-order valence-corrected chi connectivity index (χ2v) is 5.26. The Morgan fingerprint density at radius 3 is 2.65 bits per heavy atom. The molecule has 0 N–H and O–H groups in total. The standard InChI is InChI=1S/C16H11ClN2O/c1-2-19-12-8-7-11(17)13-14(12)15(18-19)9-5-3-4-6-10(9)16(13)20/h3-8H,2H2,1H3. The summed E-state index contributed by atoms with van der Waals surface area (Å²) in [5.74, 6) is -0.0145. The van der Waals surface area contributed by atoms with E-state index < -0.39 is 0 Å². The summed E-state index contributed by atoms with van der Waals surface area (Å²) in [5, 5.41) is 6.03. The highest BCUT2D eigenvalue weighted by atomic mass is 35.5. The van der Waals surface area contributed by atoms with Gasteiger partial charge >= 0.3 is 0 Å². The first-order valence-corrected chi connectivity index (χ1v) is 6.93. The van der Waals surface area contributed by atoms with Crippen LogP contribution in [0.3, 0.4) is 0 Å². The number of carbonyl (C=O) groups excluding carboxylic acids is 1. The number of rotatable bonds is 1. The van der Waals surface area contributed by atoms with E-state index in [1.807, 2.05) is 41.9 Å². The predicted molar refractivity (Wildman–Crippen MR) is 79.3 cm³/mol. The van der Waals surface area contributed by atoms with Crippen LogP contribution in [-0.2, 0) is 6.54 Å². The molecular weight excluding hydrogens is 272 g/mol. The molecule has 0 radical (unpaired) electrons. The predicted octanol–water partition coefficient (Wildman–Crippen LogP) is 3.92. The van der Waals surface area contributed by atoms with Crippen LogP contribution in [-0.4, -0.2) is 15.6 Å². The number of nitrogens with zero attached hydrogens (tertiary/aromatic N) is 2. The van der Waals surface area contributed by atoms with E-state index in [1.165, 1.54) is 0 Å². The van der Waals surface area contributed by atoms with E-state index in [-0.39, 0.29) is 5.78 Å². The van der Waals surface area contributed by atoms with E-state index in [1.54, 1.807) is 6.07 Å². The summed E-state index contributed by atoms with van der Waals surface area (Å²) in [6, 6.07) is 11.3. The third-order valence-electron chi connectivity index (χ3n) is 3.82. The van der Waals surface area contributed by atoms with Crippen molar-refractivity contribution in [1.29, 1.82) is 0 Å². The molecule has 1 aromatic heterocycles. The van der Waals surface area contributed by atoms with Crippen LogP contribution in [0.25, 0.3) is 22.2 Å². The molecule has 0 saturated carbocycles. The van der Waals surface area contributed by atoms with Gasteiger partial charge in [-0.25, -0.2) is 0 Å². The fraction of sp³-hybridized carbons (Fsp3) is 0.125. The van der Waals surface area contributed by atoms with Crippen LogP contribution in [0, 0.1) is 0 Å². The maximum atomic E-state index is 12.7. The Bertz CT molecular complexity index is 880. The first-order valence-electron chi connectivity index (χ1n) is 6.55. The van der Waals surface area contributed by atoms with Gasteiger partial charge in [-0.1, -0.05) is 35.9 Å². The fourth-order valence-electron chi connectivity index (χ4n) is 2.92. The zero-order valence-electron chi connectivity index (χ0n) is 10.9. The smallest absolute Gasteiger partial charge is 0.195 e. The van der Waals surface area contributed by atoms with Crippen LogP contribution < -0.4 is 0 Å². The van der Waals surface area contributed by atoms with Crippen molar-refractivity contribution >= 4 is 28.3 Å². The minimum absolute atomic E-state index is 0.0145. The van der Waals surface area contributed by atoms with Gasteiger partial charge in [-0.05, 0) is 19.1 Å². The lowest BCUT2D eigenvalue weighted by Crippen LogP contribution is -2.09. The molecule has 0 spiro atoms. The monoisotopic (exact) mass is 282 g/mol. The van der Waals surface area contributed by atoms with Crippen LogP contribution in [0.4, 0.5) is 0 Å². The summed E-state index contributed by atoms with van der Waals surface area (Å²) >= 11 is 6.27. The van der Waals surface area contributed by atoms with Crippen LogP contribution >= 0.6 is 11.6 Å². The second kappa shape index (κ2) is 3.93. The summed E-state index contributed by atoms with van der Waals surface area (Å²) < 4.78 is 1.92. The average molecular weight is 283 g/mol. The molecule has 0 bridgehead atoms. The molecule has 1 aliphatic rings. The highest BCUT2D eigenvalue weighted by Crippen LogP contribution is 2.41. The van der Waals surface area contributed by atoms with Crippen LogP contribution in [0.2, 0.25) is 5.02 Å². The minimum atomic E-state index is -0.0145. The van der Waals surface area contributed by atoms with E-state index in [9.17, 15) is 4.79 Å². The lowest BCUT2D eigenvalue weighted by molar-refractivity contribution is 0.104. The lowest BCUT2D eigenvalue weighted by atomic mass is 9.87. The average Bonchev–Trinajstić information content (AvgIpc) is 2.85. The maximum Gasteiger partial charge on any atom is 0.195 e. The molecule has 20 heavy (non-hydrogen) atoms. The molecule has 1 aliphatic carbocycles. The number of hydrogen-bond acceptors (Lipinski definition) is 2. The number of aromatic nitrogens is 2. The molecule has 1 heterocycles. The number of carbonyl (C=O) groups is 1. The number of ketones is 1. The van der Waals surface area contributed by atoms with Gasteiger partial charge in [-0.15, -0.1) is 0 Å². The largest absolute Gasteiger partial charge is 0.289 e. The van der Waals surface area contributed by atoms with Crippen LogP contribution in [0.15, 0.2) is 36.4 Å². The molecule has 0 aliphatic heterocycles. The van der Waals surface area contributed by atoms with Gasteiger partial charge in [0, 0.05) is 23.1 Å². The van der Waals surface area contributed by atoms with Gasteiger partial charge in [-0.2, -0.15) is 5.10 Å². The van der Waals surface area contributed by atoms with Crippen LogP contribution in [0.1, 0.15) is 22.8 Å². The molecule has 4 heteroatoms. The van der Waals surface area contributed by atoms with E-state index in [0.29, 0.717) is 16.1 Å². The van der Waals surface area contributed by atoms with Crippen molar-refractivity contribution in [2.75, 3.05) is 0 Å². The van der Waals surface area contributed by atoms with E-state index in [2.05, 4.69) is 5.10 Å². The van der Waals surface area contributed by atoms with Gasteiger partial charge in [0.15, 0.2) is 5.78 Å². The van der Waals surface area contributed by atoms with Crippen molar-refractivity contribution < 1.29 is 4.79 Å². The first-order chi connectivity index (χ1) is 9.72. The summed E-state index contributed by atoms with van der Waals surface area (Å²) in [4.78, 5) is 12.7. The van der Waals surface area contributed by atoms with E-state index in [0.717, 1.165) is 28.7 Å². The van der Waals surface area contributed by atoms with Crippen molar-refractivity contribution in [2.24, 2.45) is 0 Å². The van der Waals surface area contributed by atoms with E-state index >= 15 is 0 Å². The normalized spacial score (nSPS) is 12.8. The number of benzene rings is 2. The van der Waals surface area contributed by atoms with Gasteiger partial charge in [0.25, 0.3) is 0 Å². The van der Waals surface area contributed by atoms with Crippen molar-refractivity contribution in [3.05, 3.63) is 52.5 Å². The SMILES string of the molecule is CCn1nc2c3c(c(Cl)ccc31)C(=O)c1ccccc1-2. The molecule has 0 atom stereocenters. The summed E-state index contributed by atoms with van der Waals surface area (Å²) in [5.41, 5.74) is 3.97. The first kappa shape index (κ1) is 11.7. The molecule has 0 fully saturated rings. The topological polar surface area (TPSA) is 34.9 Å². The van der Waals surface area contributed by atoms with Crippen molar-refractivity contribution in [3.8, 4) is 11.3 Å². The molecule has 2 aromatic carbocycles. The lowest BCUT2D eigenvalue weighted by Gasteiger charge is -2.15. The highest BCUT2D eigenvalue weighted by Gasteiger charge is 2.30. The number of fused-ring (bicyclic) bond motifs is 2. The third-order valence-corrected chi connectivity index (χ3v) is 4.14. The van der Waals surface area contributed by atoms with Gasteiger partial charge in [0.2, 0.25) is 0 Å². The minimum Gasteiger partial charge on any atom is -0.289 e. The summed E-state index contributed by atoms with van der Waals surface area (Å²) in [6.45, 7) is 2.80. The number of hydrogen-bond donors (Lipinski definition) is 0. The zero-order chi connectivity index (χ0) is 13.9. The molecule has 0 unspecified atom stereocenters. The fourth-order valence-corrected chi connectivity index (χ4v) is 3.16. The molecule has 3 nitrogen and oxygen atoms in total. The molecule has 0 amide bonds. The van der Waals surface area contributed by atoms with Crippen molar-refractivity contribution in [2.45, 2.75) is 13.5 Å². The van der Waals surface area contributed by atoms with E-state index in [4.69, 9.17) is 11.6 Å². The van der Waals surface area contributed by atoms with Crippen molar-refractivity contribution in [3.63, 3.8) is 0 Å². The Labute approximate surface area is 120 Å². The molecule has 0 saturated heterocycles. The zero-order valence-corrected chi connectivity index (χ0v) is 11.6. The summed E-state index contributed by atoms with van der Waals surface area (Å²) in [7, 11) is 0. The second-order valence-electron chi connectivity index (χ2n) is 4.86. The van der Waals surface area contributed by atoms with Gasteiger partial charge < -0.3 is 0 Å². The van der Waals surface area contributed by atoms with Gasteiger partial charge in [-0.3, -0.25) is 9.48 Å².